The number of nitrogens with one attached hydrogen (secondary N) is 1. The van der Waals surface area contributed by atoms with E-state index in [0.717, 1.165) is 62.4 Å². The molecule has 0 unspecified atom stereocenters. The highest BCUT2D eigenvalue weighted by molar-refractivity contribution is 14.0. The molecule has 0 radical (unpaired) electrons. The number of ether oxygens (including phenoxy) is 1. The normalized spacial score (nSPS) is 15.0. The Hall–Kier alpha value is -1.61. The third-order valence-electron chi connectivity index (χ3n) is 5.71. The van der Waals surface area contributed by atoms with Gasteiger partial charge < -0.3 is 15.0 Å². The first-order valence-corrected chi connectivity index (χ1v) is 10.8. The van der Waals surface area contributed by atoms with E-state index in [-0.39, 0.29) is 24.0 Å². The first-order valence-electron chi connectivity index (χ1n) is 10.8. The molecule has 0 aliphatic carbocycles. The summed E-state index contributed by atoms with van der Waals surface area (Å²) in [5.74, 6) is 1.77. The van der Waals surface area contributed by atoms with Crippen LogP contribution in [0.15, 0.2) is 41.5 Å². The molecule has 7 heteroatoms. The zero-order valence-electron chi connectivity index (χ0n) is 18.5. The quantitative estimate of drug-likeness (QED) is 0.245. The van der Waals surface area contributed by atoms with Crippen molar-refractivity contribution in [3.63, 3.8) is 0 Å². The number of benzene rings is 1. The average molecular weight is 525 g/mol. The summed E-state index contributed by atoms with van der Waals surface area (Å²) in [5.41, 5.74) is 3.51. The number of guanidine groups is 1. The van der Waals surface area contributed by atoms with E-state index in [2.05, 4.69) is 52.6 Å². The number of halogens is 1. The Morgan fingerprint density at radius 3 is 2.70 bits per heavy atom. The molecule has 0 spiro atoms. The molecule has 1 aromatic heterocycles. The Bertz CT molecular complexity index is 771. The molecule has 2 aromatic rings. The molecule has 0 atom stereocenters. The van der Waals surface area contributed by atoms with E-state index in [9.17, 15) is 0 Å². The van der Waals surface area contributed by atoms with Crippen LogP contribution in [0.3, 0.4) is 0 Å². The van der Waals surface area contributed by atoms with Crippen LogP contribution in [0.25, 0.3) is 5.69 Å². The molecule has 0 bridgehead atoms. The van der Waals surface area contributed by atoms with Crippen LogP contribution in [0.5, 0.6) is 0 Å². The van der Waals surface area contributed by atoms with Crippen LogP contribution in [-0.2, 0) is 11.2 Å². The number of nitrogens with zero attached hydrogens (tertiary/aromatic N) is 4. The molecular formula is C23H36IN5O. The van der Waals surface area contributed by atoms with Crippen molar-refractivity contribution in [1.29, 1.82) is 0 Å². The van der Waals surface area contributed by atoms with E-state index in [4.69, 9.17) is 4.74 Å². The van der Waals surface area contributed by atoms with Gasteiger partial charge in [0.2, 0.25) is 0 Å². The van der Waals surface area contributed by atoms with Gasteiger partial charge >= 0.3 is 0 Å². The lowest BCUT2D eigenvalue weighted by molar-refractivity contribution is 0.0625. The molecule has 1 aliphatic rings. The predicted molar refractivity (Wildman–Crippen MR) is 134 cm³/mol. The third kappa shape index (κ3) is 7.27. The fourth-order valence-corrected chi connectivity index (χ4v) is 3.84. The zero-order valence-corrected chi connectivity index (χ0v) is 20.8. The van der Waals surface area contributed by atoms with E-state index in [1.807, 2.05) is 29.9 Å². The molecule has 0 amide bonds. The molecule has 1 N–H and O–H groups in total. The topological polar surface area (TPSA) is 54.7 Å². The highest BCUT2D eigenvalue weighted by atomic mass is 127. The van der Waals surface area contributed by atoms with E-state index in [0.29, 0.717) is 0 Å². The third-order valence-corrected chi connectivity index (χ3v) is 5.71. The number of rotatable bonds is 8. The first kappa shape index (κ1) is 24.7. The van der Waals surface area contributed by atoms with Gasteiger partial charge in [0.05, 0.1) is 11.4 Å². The minimum atomic E-state index is 0. The van der Waals surface area contributed by atoms with Gasteiger partial charge in [-0.15, -0.1) is 24.0 Å². The van der Waals surface area contributed by atoms with E-state index < -0.39 is 0 Å². The summed E-state index contributed by atoms with van der Waals surface area (Å²) >= 11 is 0. The van der Waals surface area contributed by atoms with Gasteiger partial charge in [-0.2, -0.15) is 5.10 Å². The Kier molecular flexibility index (Phi) is 10.6. The second-order valence-corrected chi connectivity index (χ2v) is 7.86. The molecule has 3 rings (SSSR count). The van der Waals surface area contributed by atoms with Crippen LogP contribution < -0.4 is 5.32 Å². The van der Waals surface area contributed by atoms with Crippen molar-refractivity contribution in [1.82, 2.24) is 20.0 Å². The zero-order chi connectivity index (χ0) is 20.5. The molecule has 2 heterocycles. The van der Waals surface area contributed by atoms with Crippen LogP contribution in [0.2, 0.25) is 0 Å². The van der Waals surface area contributed by atoms with Gasteiger partial charge in [-0.1, -0.05) is 18.2 Å². The molecule has 1 fully saturated rings. The van der Waals surface area contributed by atoms with Crippen molar-refractivity contribution in [2.24, 2.45) is 10.9 Å². The number of hydrogen-bond donors (Lipinski definition) is 1. The molecule has 30 heavy (non-hydrogen) atoms. The smallest absolute Gasteiger partial charge is 0.193 e. The Balaban J connectivity index is 0.00000320. The fourth-order valence-electron chi connectivity index (χ4n) is 3.84. The Morgan fingerprint density at radius 1 is 1.27 bits per heavy atom. The SMILES string of the molecule is CN=C(NCCCc1cn(-c2ccccc2)nc1C)N(C)CCC1CCOCC1.I. The largest absolute Gasteiger partial charge is 0.381 e. The van der Waals surface area contributed by atoms with E-state index in [1.165, 1.54) is 24.8 Å². The maximum absolute atomic E-state index is 5.46. The van der Waals surface area contributed by atoms with E-state index >= 15 is 0 Å². The lowest BCUT2D eigenvalue weighted by atomic mass is 9.96. The monoisotopic (exact) mass is 525 g/mol. The summed E-state index contributed by atoms with van der Waals surface area (Å²) in [5, 5.41) is 8.17. The summed E-state index contributed by atoms with van der Waals surface area (Å²) in [6.07, 6.45) is 7.80. The van der Waals surface area contributed by atoms with Crippen molar-refractivity contribution >= 4 is 29.9 Å². The van der Waals surface area contributed by atoms with Gasteiger partial charge in [0.25, 0.3) is 0 Å². The van der Waals surface area contributed by atoms with Crippen LogP contribution in [0.1, 0.15) is 36.9 Å². The average Bonchev–Trinajstić information content (AvgIpc) is 3.14. The number of aromatic nitrogens is 2. The molecule has 6 nitrogen and oxygen atoms in total. The summed E-state index contributed by atoms with van der Waals surface area (Å²) in [6, 6.07) is 10.3. The van der Waals surface area contributed by atoms with Crippen LogP contribution in [-0.4, -0.2) is 61.0 Å². The highest BCUT2D eigenvalue weighted by Crippen LogP contribution is 2.18. The molecule has 1 aromatic carbocycles. The van der Waals surface area contributed by atoms with Crippen molar-refractivity contribution in [3.8, 4) is 5.69 Å². The lowest BCUT2D eigenvalue weighted by Gasteiger charge is -2.26. The van der Waals surface area contributed by atoms with Gasteiger partial charge in [-0.05, 0) is 62.6 Å². The maximum atomic E-state index is 5.46. The standard InChI is InChI=1S/C23H35N5O.HI/c1-19-21(18-28(26-19)22-9-5-4-6-10-22)8-7-14-25-23(24-2)27(3)15-11-20-12-16-29-17-13-20;/h4-6,9-10,18,20H,7-8,11-17H2,1-3H3,(H,24,25);1H. The second-order valence-electron chi connectivity index (χ2n) is 7.86. The Labute approximate surface area is 198 Å². The molecule has 1 saturated heterocycles. The maximum Gasteiger partial charge on any atom is 0.193 e. The first-order chi connectivity index (χ1) is 14.2. The van der Waals surface area contributed by atoms with Crippen LogP contribution in [0.4, 0.5) is 0 Å². The molecule has 0 saturated carbocycles. The second kappa shape index (κ2) is 12.9. The number of para-hydroxylation sites is 1. The molecule has 166 valence electrons. The van der Waals surface area contributed by atoms with Crippen molar-refractivity contribution in [2.45, 2.75) is 39.0 Å². The van der Waals surface area contributed by atoms with Gasteiger partial charge in [0.15, 0.2) is 5.96 Å². The van der Waals surface area contributed by atoms with Crippen molar-refractivity contribution < 1.29 is 4.74 Å². The van der Waals surface area contributed by atoms with Gasteiger partial charge in [-0.3, -0.25) is 4.99 Å². The summed E-state index contributed by atoms with van der Waals surface area (Å²) < 4.78 is 7.43. The fraction of sp³-hybridized carbons (Fsp3) is 0.565. The minimum Gasteiger partial charge on any atom is -0.381 e. The van der Waals surface area contributed by atoms with Gasteiger partial charge in [0.1, 0.15) is 0 Å². The minimum absolute atomic E-state index is 0. The van der Waals surface area contributed by atoms with Gasteiger partial charge in [-0.25, -0.2) is 4.68 Å². The summed E-state index contributed by atoms with van der Waals surface area (Å²) in [4.78, 5) is 6.69. The van der Waals surface area contributed by atoms with E-state index in [1.54, 1.807) is 0 Å². The molecule has 1 aliphatic heterocycles. The number of hydrogen-bond acceptors (Lipinski definition) is 3. The Morgan fingerprint density at radius 2 is 2.00 bits per heavy atom. The van der Waals surface area contributed by atoms with Crippen molar-refractivity contribution in [2.75, 3.05) is 40.4 Å². The van der Waals surface area contributed by atoms with Crippen molar-refractivity contribution in [3.05, 3.63) is 47.8 Å². The van der Waals surface area contributed by atoms with Crippen LogP contribution in [0, 0.1) is 12.8 Å². The number of aryl methyl sites for hydroxylation is 2. The van der Waals surface area contributed by atoms with Crippen LogP contribution >= 0.6 is 24.0 Å². The predicted octanol–water partition coefficient (Wildman–Crippen LogP) is 4.06. The lowest BCUT2D eigenvalue weighted by Crippen LogP contribution is -2.40. The van der Waals surface area contributed by atoms with Gasteiger partial charge in [0, 0.05) is 46.6 Å². The number of aliphatic imine (C=N–C) groups is 1. The summed E-state index contributed by atoms with van der Waals surface area (Å²) in [6.45, 7) is 5.87. The summed E-state index contributed by atoms with van der Waals surface area (Å²) in [7, 11) is 3.99. The molecular weight excluding hydrogens is 489 g/mol. The highest BCUT2D eigenvalue weighted by Gasteiger charge is 2.15.